The molecule has 1 heterocycles. The lowest BCUT2D eigenvalue weighted by Crippen LogP contribution is -2.16. The predicted molar refractivity (Wildman–Crippen MR) is 82.3 cm³/mol. The van der Waals surface area contributed by atoms with Crippen LogP contribution in [0.1, 0.15) is 0 Å². The molecule has 0 radical (unpaired) electrons. The predicted octanol–water partition coefficient (Wildman–Crippen LogP) is 4.92. The van der Waals surface area contributed by atoms with Crippen LogP contribution in [0, 0.1) is 0 Å². The number of nitrogens with one attached hydrogen (secondary N) is 1. The van der Waals surface area contributed by atoms with Gasteiger partial charge in [-0.15, -0.1) is 13.2 Å². The van der Waals surface area contributed by atoms with Crippen molar-refractivity contribution in [3.05, 3.63) is 54.6 Å². The molecule has 0 unspecified atom stereocenters. The maximum Gasteiger partial charge on any atom is 0.573 e. The fourth-order valence-corrected chi connectivity index (χ4v) is 2.42. The fraction of sp³-hybridized carbons (Fsp3) is 0.133. The second-order valence-corrected chi connectivity index (χ2v) is 5.13. The number of rotatable bonds is 2. The Balaban J connectivity index is 0.000000160. The number of benzene rings is 2. The minimum absolute atomic E-state index is 0.194. The normalized spacial score (nSPS) is 10.7. The molecule has 3 nitrogen and oxygen atoms in total. The van der Waals surface area contributed by atoms with Crippen LogP contribution in [0.2, 0.25) is 0 Å². The number of ether oxygens (including phenoxy) is 1. The van der Waals surface area contributed by atoms with E-state index >= 15 is 0 Å². The van der Waals surface area contributed by atoms with Crippen LogP contribution in [0.5, 0.6) is 5.75 Å². The van der Waals surface area contributed by atoms with E-state index < -0.39 is 6.36 Å². The van der Waals surface area contributed by atoms with Crippen molar-refractivity contribution in [2.75, 3.05) is 12.4 Å². The van der Waals surface area contributed by atoms with Gasteiger partial charge in [0.2, 0.25) is 0 Å². The van der Waals surface area contributed by atoms with Crippen molar-refractivity contribution in [3.8, 4) is 5.75 Å². The highest BCUT2D eigenvalue weighted by atomic mass is 32.1. The molecule has 0 aliphatic carbocycles. The van der Waals surface area contributed by atoms with Crippen LogP contribution in [0.25, 0.3) is 10.2 Å². The fourth-order valence-electron chi connectivity index (χ4n) is 1.60. The molecule has 0 spiro atoms. The summed E-state index contributed by atoms with van der Waals surface area (Å²) in [7, 11) is 1.89. The maximum atomic E-state index is 11.5. The zero-order valence-electron chi connectivity index (χ0n) is 11.6. The molecular weight excluding hydrogens is 313 g/mol. The molecule has 3 aromatic rings. The largest absolute Gasteiger partial charge is 0.573 e. The minimum atomic E-state index is -4.60. The highest BCUT2D eigenvalue weighted by Crippen LogP contribution is 2.24. The van der Waals surface area contributed by atoms with Crippen LogP contribution in [0.3, 0.4) is 0 Å². The molecule has 1 aromatic heterocycles. The number of fused-ring (bicyclic) bond motifs is 1. The van der Waals surface area contributed by atoms with Gasteiger partial charge in [-0.3, -0.25) is 0 Å². The van der Waals surface area contributed by atoms with Crippen LogP contribution in [0.15, 0.2) is 54.6 Å². The highest BCUT2D eigenvalue weighted by molar-refractivity contribution is 7.22. The van der Waals surface area contributed by atoms with E-state index in [0.29, 0.717) is 0 Å². The lowest BCUT2D eigenvalue weighted by molar-refractivity contribution is -0.274. The molecule has 0 aliphatic rings. The van der Waals surface area contributed by atoms with Gasteiger partial charge in [0.25, 0.3) is 0 Å². The third-order valence-electron chi connectivity index (χ3n) is 2.48. The lowest BCUT2D eigenvalue weighted by Gasteiger charge is -2.07. The maximum absolute atomic E-state index is 11.5. The summed E-state index contributed by atoms with van der Waals surface area (Å²) in [4.78, 5) is 4.34. The van der Waals surface area contributed by atoms with Gasteiger partial charge in [0.05, 0.1) is 10.2 Å². The average Bonchev–Trinajstić information content (AvgIpc) is 2.90. The smallest absolute Gasteiger partial charge is 0.406 e. The van der Waals surface area contributed by atoms with Gasteiger partial charge in [0.15, 0.2) is 5.13 Å². The van der Waals surface area contributed by atoms with Gasteiger partial charge in [-0.25, -0.2) is 4.98 Å². The quantitative estimate of drug-likeness (QED) is 0.725. The van der Waals surface area contributed by atoms with Gasteiger partial charge in [-0.1, -0.05) is 41.7 Å². The molecule has 0 fully saturated rings. The molecule has 0 saturated carbocycles. The number of anilines is 1. The summed E-state index contributed by atoms with van der Waals surface area (Å²) in [6, 6.07) is 15.2. The van der Waals surface area contributed by atoms with E-state index in [-0.39, 0.29) is 5.75 Å². The van der Waals surface area contributed by atoms with E-state index in [1.54, 1.807) is 17.4 Å². The second-order valence-electron chi connectivity index (χ2n) is 4.10. The van der Waals surface area contributed by atoms with E-state index in [2.05, 4.69) is 21.1 Å². The molecule has 3 rings (SSSR count). The van der Waals surface area contributed by atoms with E-state index in [4.69, 9.17) is 0 Å². The topological polar surface area (TPSA) is 34.2 Å². The zero-order chi connectivity index (χ0) is 16.0. The zero-order valence-corrected chi connectivity index (χ0v) is 12.4. The molecule has 1 N–H and O–H groups in total. The summed E-state index contributed by atoms with van der Waals surface area (Å²) in [5.41, 5.74) is 1.07. The standard InChI is InChI=1S/C8H8N2S.C7H5F3O/c1-9-8-10-6-4-2-3-5-7(6)11-8;8-7(9,10)11-6-4-2-1-3-5-6/h2-5H,1H3,(H,9,10);1-5H. The van der Waals surface area contributed by atoms with Crippen LogP contribution >= 0.6 is 11.3 Å². The van der Waals surface area contributed by atoms with Gasteiger partial charge in [-0.2, -0.15) is 0 Å². The van der Waals surface area contributed by atoms with Crippen molar-refractivity contribution in [1.29, 1.82) is 0 Å². The second kappa shape index (κ2) is 7.13. The van der Waals surface area contributed by atoms with Crippen molar-refractivity contribution in [1.82, 2.24) is 4.98 Å². The third kappa shape index (κ3) is 4.92. The molecular formula is C15H13F3N2OS. The van der Waals surface area contributed by atoms with Gasteiger partial charge in [-0.05, 0) is 24.3 Å². The van der Waals surface area contributed by atoms with Gasteiger partial charge in [0, 0.05) is 7.05 Å². The Morgan fingerprint density at radius 2 is 1.64 bits per heavy atom. The summed E-state index contributed by atoms with van der Waals surface area (Å²) >= 11 is 1.68. The summed E-state index contributed by atoms with van der Waals surface area (Å²) in [5.74, 6) is -0.194. The van der Waals surface area contributed by atoms with Crippen LogP contribution in [0.4, 0.5) is 18.3 Å². The van der Waals surface area contributed by atoms with E-state index in [0.717, 1.165) is 10.6 Å². The van der Waals surface area contributed by atoms with Gasteiger partial charge < -0.3 is 10.1 Å². The van der Waals surface area contributed by atoms with Crippen molar-refractivity contribution in [3.63, 3.8) is 0 Å². The summed E-state index contributed by atoms with van der Waals surface area (Å²) in [5, 5.41) is 4.00. The van der Waals surface area contributed by atoms with Gasteiger partial charge >= 0.3 is 6.36 Å². The van der Waals surface area contributed by atoms with Crippen LogP contribution in [-0.2, 0) is 0 Å². The lowest BCUT2D eigenvalue weighted by atomic mass is 10.3. The molecule has 0 bridgehead atoms. The number of hydrogen-bond acceptors (Lipinski definition) is 4. The monoisotopic (exact) mass is 326 g/mol. The third-order valence-corrected chi connectivity index (χ3v) is 3.54. The molecule has 0 amide bonds. The average molecular weight is 326 g/mol. The van der Waals surface area contributed by atoms with Crippen molar-refractivity contribution < 1.29 is 17.9 Å². The number of nitrogens with zero attached hydrogens (tertiary/aromatic N) is 1. The molecule has 7 heteroatoms. The number of hydrogen-bond donors (Lipinski definition) is 1. The van der Waals surface area contributed by atoms with E-state index in [1.165, 1.54) is 29.0 Å². The Kier molecular flexibility index (Phi) is 5.21. The first-order valence-electron chi connectivity index (χ1n) is 6.32. The number of halogens is 3. The summed E-state index contributed by atoms with van der Waals surface area (Å²) in [6.45, 7) is 0. The molecule has 0 aliphatic heterocycles. The Morgan fingerprint density at radius 3 is 2.23 bits per heavy atom. The minimum Gasteiger partial charge on any atom is -0.406 e. The van der Waals surface area contributed by atoms with E-state index in [1.807, 2.05) is 25.2 Å². The van der Waals surface area contributed by atoms with Crippen LogP contribution < -0.4 is 10.1 Å². The molecule has 22 heavy (non-hydrogen) atoms. The highest BCUT2D eigenvalue weighted by Gasteiger charge is 2.30. The summed E-state index contributed by atoms with van der Waals surface area (Å²) in [6.07, 6.45) is -4.60. The Labute approximate surface area is 129 Å². The molecule has 116 valence electrons. The molecule has 0 saturated heterocycles. The molecule has 0 atom stereocenters. The first-order valence-corrected chi connectivity index (χ1v) is 7.14. The first kappa shape index (κ1) is 16.1. The van der Waals surface area contributed by atoms with Crippen molar-refractivity contribution in [2.45, 2.75) is 6.36 Å². The first-order chi connectivity index (χ1) is 10.5. The summed E-state index contributed by atoms with van der Waals surface area (Å²) < 4.78 is 39.4. The Bertz CT molecular complexity index is 680. The van der Waals surface area contributed by atoms with E-state index in [9.17, 15) is 13.2 Å². The number of aromatic nitrogens is 1. The SMILES string of the molecule is CNc1nc2ccccc2s1.FC(F)(F)Oc1ccccc1. The Morgan fingerprint density at radius 1 is 1.00 bits per heavy atom. The van der Waals surface area contributed by atoms with Crippen molar-refractivity contribution >= 4 is 26.7 Å². The van der Waals surface area contributed by atoms with Gasteiger partial charge in [0.1, 0.15) is 5.75 Å². The number of alkyl halides is 3. The molecule has 2 aromatic carbocycles. The number of para-hydroxylation sites is 2. The number of thiazole rings is 1. The van der Waals surface area contributed by atoms with Crippen LogP contribution in [-0.4, -0.2) is 18.4 Å². The Hall–Kier alpha value is -2.28. The van der Waals surface area contributed by atoms with Crippen molar-refractivity contribution in [2.24, 2.45) is 0 Å².